The number of hydrogen-bond acceptors (Lipinski definition) is 6. The van der Waals surface area contributed by atoms with Crippen LogP contribution in [0, 0.1) is 0 Å². The van der Waals surface area contributed by atoms with Crippen LogP contribution in [0.1, 0.15) is 17.3 Å². The van der Waals surface area contributed by atoms with Crippen LogP contribution in [-0.2, 0) is 14.6 Å². The van der Waals surface area contributed by atoms with Crippen LogP contribution in [-0.4, -0.2) is 27.2 Å². The van der Waals surface area contributed by atoms with E-state index in [2.05, 4.69) is 0 Å². The van der Waals surface area contributed by atoms with Gasteiger partial charge in [-0.15, -0.1) is 0 Å². The Balaban J connectivity index is 2.27. The molecule has 1 aromatic heterocycles. The third-order valence-corrected chi connectivity index (χ3v) is 4.69. The number of esters is 1. The molecule has 124 valence electrons. The van der Waals surface area contributed by atoms with Crippen molar-refractivity contribution in [2.45, 2.75) is 11.8 Å². The van der Waals surface area contributed by atoms with E-state index < -0.39 is 15.8 Å². The number of sulfone groups is 1. The highest BCUT2D eigenvalue weighted by molar-refractivity contribution is 7.90. The molecule has 0 N–H and O–H groups in total. The lowest BCUT2D eigenvalue weighted by molar-refractivity contribution is 0.0526. The highest BCUT2D eigenvalue weighted by Crippen LogP contribution is 2.22. The number of rotatable bonds is 3. The van der Waals surface area contributed by atoms with E-state index in [9.17, 15) is 18.0 Å². The summed E-state index contributed by atoms with van der Waals surface area (Å²) in [5.41, 5.74) is 0.367. The Morgan fingerprint density at radius 3 is 2.50 bits per heavy atom. The standard InChI is InChI=1S/C17H14O6S/c1-3-22-17(19)10-4-7-14-13(8-10)16(18)12-6-5-11(24(2,20)21)9-15(12)23-14/h4-9H,3H2,1-2H3. The predicted molar refractivity (Wildman–Crippen MR) is 89.1 cm³/mol. The molecule has 6 nitrogen and oxygen atoms in total. The fourth-order valence-electron chi connectivity index (χ4n) is 2.41. The molecule has 0 radical (unpaired) electrons. The number of fused-ring (bicyclic) bond motifs is 2. The molecule has 24 heavy (non-hydrogen) atoms. The Morgan fingerprint density at radius 2 is 1.83 bits per heavy atom. The minimum absolute atomic E-state index is 0.0700. The Morgan fingerprint density at radius 1 is 1.08 bits per heavy atom. The van der Waals surface area contributed by atoms with Gasteiger partial charge < -0.3 is 9.15 Å². The van der Waals surface area contributed by atoms with Crippen molar-refractivity contribution in [2.24, 2.45) is 0 Å². The fraction of sp³-hybridized carbons (Fsp3) is 0.176. The van der Waals surface area contributed by atoms with Gasteiger partial charge in [0.05, 0.1) is 27.8 Å². The molecule has 0 aliphatic carbocycles. The second-order valence-electron chi connectivity index (χ2n) is 5.29. The van der Waals surface area contributed by atoms with Gasteiger partial charge in [0.1, 0.15) is 11.2 Å². The number of hydrogen-bond donors (Lipinski definition) is 0. The molecule has 2 aromatic carbocycles. The summed E-state index contributed by atoms with van der Waals surface area (Å²) >= 11 is 0. The molecule has 0 amide bonds. The lowest BCUT2D eigenvalue weighted by Crippen LogP contribution is -2.08. The van der Waals surface area contributed by atoms with Gasteiger partial charge in [-0.3, -0.25) is 4.79 Å². The van der Waals surface area contributed by atoms with Gasteiger partial charge in [-0.05, 0) is 37.3 Å². The van der Waals surface area contributed by atoms with E-state index in [4.69, 9.17) is 9.15 Å². The van der Waals surface area contributed by atoms with Crippen molar-refractivity contribution in [1.29, 1.82) is 0 Å². The van der Waals surface area contributed by atoms with E-state index in [1.807, 2.05) is 0 Å². The van der Waals surface area contributed by atoms with Crippen molar-refractivity contribution in [2.75, 3.05) is 12.9 Å². The summed E-state index contributed by atoms with van der Waals surface area (Å²) in [7, 11) is -3.41. The van der Waals surface area contributed by atoms with Crippen LogP contribution in [0.5, 0.6) is 0 Å². The Hall–Kier alpha value is -2.67. The summed E-state index contributed by atoms with van der Waals surface area (Å²) < 4.78 is 33.8. The highest BCUT2D eigenvalue weighted by Gasteiger charge is 2.14. The van der Waals surface area contributed by atoms with Crippen LogP contribution >= 0.6 is 0 Å². The van der Waals surface area contributed by atoms with Crippen LogP contribution in [0.4, 0.5) is 0 Å². The van der Waals surface area contributed by atoms with Crippen molar-refractivity contribution in [1.82, 2.24) is 0 Å². The van der Waals surface area contributed by atoms with Crippen LogP contribution < -0.4 is 5.43 Å². The van der Waals surface area contributed by atoms with Crippen molar-refractivity contribution in [3.8, 4) is 0 Å². The lowest BCUT2D eigenvalue weighted by atomic mass is 10.1. The van der Waals surface area contributed by atoms with Gasteiger partial charge in [-0.25, -0.2) is 13.2 Å². The molecule has 0 spiro atoms. The first kappa shape index (κ1) is 16.2. The summed E-state index contributed by atoms with van der Waals surface area (Å²) in [5, 5.41) is 0.482. The first-order chi connectivity index (χ1) is 11.3. The molecule has 0 saturated heterocycles. The first-order valence-electron chi connectivity index (χ1n) is 7.19. The topological polar surface area (TPSA) is 90.7 Å². The minimum atomic E-state index is -3.41. The smallest absolute Gasteiger partial charge is 0.338 e. The first-order valence-corrected chi connectivity index (χ1v) is 9.08. The summed E-state index contributed by atoms with van der Waals surface area (Å²) in [5.74, 6) is -0.522. The van der Waals surface area contributed by atoms with E-state index in [-0.39, 0.29) is 44.4 Å². The Labute approximate surface area is 137 Å². The quantitative estimate of drug-likeness (QED) is 0.535. The van der Waals surface area contributed by atoms with Gasteiger partial charge >= 0.3 is 5.97 Å². The van der Waals surface area contributed by atoms with Gasteiger partial charge in [-0.2, -0.15) is 0 Å². The van der Waals surface area contributed by atoms with Crippen molar-refractivity contribution >= 4 is 37.7 Å². The number of ether oxygens (including phenoxy) is 1. The molecule has 1 heterocycles. The third kappa shape index (κ3) is 2.78. The zero-order chi connectivity index (χ0) is 17.5. The second kappa shape index (κ2) is 5.76. The van der Waals surface area contributed by atoms with Gasteiger partial charge in [0, 0.05) is 12.3 Å². The SMILES string of the molecule is CCOC(=O)c1ccc2oc3cc(S(C)(=O)=O)ccc3c(=O)c2c1. The van der Waals surface area contributed by atoms with E-state index in [0.29, 0.717) is 0 Å². The highest BCUT2D eigenvalue weighted by atomic mass is 32.2. The van der Waals surface area contributed by atoms with Crippen LogP contribution in [0.25, 0.3) is 21.9 Å². The molecule has 0 bridgehead atoms. The zero-order valence-electron chi connectivity index (χ0n) is 13.0. The van der Waals surface area contributed by atoms with Crippen LogP contribution in [0.3, 0.4) is 0 Å². The molecule has 0 saturated carbocycles. The summed E-state index contributed by atoms with van der Waals surface area (Å²) in [6.07, 6.45) is 1.08. The van der Waals surface area contributed by atoms with Crippen molar-refractivity contribution in [3.63, 3.8) is 0 Å². The number of carbonyl (C=O) groups is 1. The molecule has 7 heteroatoms. The average Bonchev–Trinajstić information content (AvgIpc) is 2.53. The average molecular weight is 346 g/mol. The van der Waals surface area contributed by atoms with Crippen LogP contribution in [0.15, 0.2) is 50.5 Å². The van der Waals surface area contributed by atoms with Gasteiger partial charge in [-0.1, -0.05) is 0 Å². The molecule has 0 atom stereocenters. The maximum atomic E-state index is 12.6. The maximum absolute atomic E-state index is 12.6. The van der Waals surface area contributed by atoms with Gasteiger partial charge in [0.2, 0.25) is 5.43 Å². The van der Waals surface area contributed by atoms with Gasteiger partial charge in [0.15, 0.2) is 9.84 Å². The van der Waals surface area contributed by atoms with Gasteiger partial charge in [0.25, 0.3) is 0 Å². The molecule has 0 aliphatic heterocycles. The molecule has 0 fully saturated rings. The van der Waals surface area contributed by atoms with E-state index in [0.717, 1.165) is 6.26 Å². The Kier molecular flexibility index (Phi) is 3.88. The summed E-state index contributed by atoms with van der Waals surface area (Å²) in [4.78, 5) is 24.5. The zero-order valence-corrected chi connectivity index (χ0v) is 13.8. The number of benzene rings is 2. The summed E-state index contributed by atoms with van der Waals surface area (Å²) in [6, 6.07) is 8.50. The normalized spacial score (nSPS) is 11.8. The molecule has 0 unspecified atom stereocenters. The maximum Gasteiger partial charge on any atom is 0.338 e. The van der Waals surface area contributed by atoms with Crippen molar-refractivity contribution in [3.05, 3.63) is 52.2 Å². The summed E-state index contributed by atoms with van der Waals surface area (Å²) in [6.45, 7) is 1.93. The van der Waals surface area contributed by atoms with E-state index in [1.54, 1.807) is 6.92 Å². The van der Waals surface area contributed by atoms with E-state index >= 15 is 0 Å². The fourth-order valence-corrected chi connectivity index (χ4v) is 3.04. The molecule has 0 aliphatic rings. The predicted octanol–water partition coefficient (Wildman–Crippen LogP) is 2.53. The van der Waals surface area contributed by atoms with Crippen molar-refractivity contribution < 1.29 is 22.4 Å². The third-order valence-electron chi connectivity index (χ3n) is 3.58. The van der Waals surface area contributed by atoms with E-state index in [1.165, 1.54) is 36.4 Å². The Bertz CT molecular complexity index is 1120. The van der Waals surface area contributed by atoms with Crippen LogP contribution in [0.2, 0.25) is 0 Å². The molecule has 3 rings (SSSR count). The molecular weight excluding hydrogens is 332 g/mol. The molecular formula is C17H14O6S. The monoisotopic (exact) mass is 346 g/mol. The number of carbonyl (C=O) groups excluding carboxylic acids is 1. The minimum Gasteiger partial charge on any atom is -0.462 e. The largest absolute Gasteiger partial charge is 0.462 e. The second-order valence-corrected chi connectivity index (χ2v) is 7.31. The lowest BCUT2D eigenvalue weighted by Gasteiger charge is -2.05. The molecule has 3 aromatic rings.